The van der Waals surface area contributed by atoms with Crippen LogP contribution in [0.4, 0.5) is 20.0 Å². The van der Waals surface area contributed by atoms with Crippen LogP contribution in [-0.2, 0) is 0 Å². The molecule has 2 N–H and O–H groups in total. The Balaban J connectivity index is 1.65. The SMILES string of the molecule is COc1ccc(-c2nnc(NC(=O)Nc3cccc(F)c3)s2)cc1. The summed E-state index contributed by atoms with van der Waals surface area (Å²) in [6, 6.07) is 12.5. The number of nitrogens with one attached hydrogen (secondary N) is 2. The molecule has 8 heteroatoms. The van der Waals surface area contributed by atoms with E-state index in [2.05, 4.69) is 20.8 Å². The van der Waals surface area contributed by atoms with Gasteiger partial charge >= 0.3 is 6.03 Å². The van der Waals surface area contributed by atoms with Crippen molar-refractivity contribution in [2.24, 2.45) is 0 Å². The molecule has 0 atom stereocenters. The average Bonchev–Trinajstić information content (AvgIpc) is 3.03. The molecule has 0 aliphatic carbocycles. The number of aromatic nitrogens is 2. The van der Waals surface area contributed by atoms with Crippen LogP contribution < -0.4 is 15.4 Å². The predicted molar refractivity (Wildman–Crippen MR) is 90.9 cm³/mol. The summed E-state index contributed by atoms with van der Waals surface area (Å²) in [5.74, 6) is 0.321. The summed E-state index contributed by atoms with van der Waals surface area (Å²) in [6.45, 7) is 0. The molecule has 0 bridgehead atoms. The highest BCUT2D eigenvalue weighted by Crippen LogP contribution is 2.27. The van der Waals surface area contributed by atoms with Crippen LogP contribution in [0.5, 0.6) is 5.75 Å². The van der Waals surface area contributed by atoms with E-state index in [4.69, 9.17) is 4.74 Å². The topological polar surface area (TPSA) is 76.1 Å². The molecule has 24 heavy (non-hydrogen) atoms. The number of carbonyl (C=O) groups excluding carboxylic acids is 1. The van der Waals surface area contributed by atoms with Gasteiger partial charge in [-0.05, 0) is 42.5 Å². The minimum Gasteiger partial charge on any atom is -0.497 e. The van der Waals surface area contributed by atoms with Crippen molar-refractivity contribution in [1.82, 2.24) is 10.2 Å². The first-order chi connectivity index (χ1) is 11.6. The third kappa shape index (κ3) is 3.85. The van der Waals surface area contributed by atoms with Crippen LogP contribution >= 0.6 is 11.3 Å². The van der Waals surface area contributed by atoms with Crippen LogP contribution in [0, 0.1) is 5.82 Å². The Kier molecular flexibility index (Phi) is 4.66. The van der Waals surface area contributed by atoms with E-state index in [1.54, 1.807) is 13.2 Å². The van der Waals surface area contributed by atoms with Gasteiger partial charge in [-0.3, -0.25) is 5.32 Å². The molecule has 0 aliphatic rings. The summed E-state index contributed by atoms with van der Waals surface area (Å²) in [6.07, 6.45) is 0. The lowest BCUT2D eigenvalue weighted by Crippen LogP contribution is -2.19. The van der Waals surface area contributed by atoms with E-state index in [0.717, 1.165) is 11.3 Å². The zero-order valence-electron chi connectivity index (χ0n) is 12.6. The standard InChI is InChI=1S/C16H13FN4O2S/c1-23-13-7-5-10(6-8-13)14-20-21-16(24-14)19-15(22)18-12-4-2-3-11(17)9-12/h2-9H,1H3,(H2,18,19,21,22). The molecule has 0 radical (unpaired) electrons. The first-order valence-electron chi connectivity index (χ1n) is 6.95. The van der Waals surface area contributed by atoms with Crippen molar-refractivity contribution in [2.75, 3.05) is 17.7 Å². The summed E-state index contributed by atoms with van der Waals surface area (Å²) >= 11 is 1.23. The number of rotatable bonds is 4. The van der Waals surface area contributed by atoms with Crippen LogP contribution in [0.3, 0.4) is 0 Å². The summed E-state index contributed by atoms with van der Waals surface area (Å²) in [5.41, 5.74) is 1.22. The van der Waals surface area contributed by atoms with Gasteiger partial charge < -0.3 is 10.1 Å². The van der Waals surface area contributed by atoms with E-state index >= 15 is 0 Å². The lowest BCUT2D eigenvalue weighted by molar-refractivity contribution is 0.262. The zero-order chi connectivity index (χ0) is 16.9. The first-order valence-corrected chi connectivity index (χ1v) is 7.77. The lowest BCUT2D eigenvalue weighted by atomic mass is 10.2. The molecule has 122 valence electrons. The summed E-state index contributed by atoms with van der Waals surface area (Å²) in [4.78, 5) is 11.9. The summed E-state index contributed by atoms with van der Waals surface area (Å²) in [7, 11) is 1.60. The van der Waals surface area contributed by atoms with Crippen LogP contribution in [0.2, 0.25) is 0 Å². The van der Waals surface area contributed by atoms with Gasteiger partial charge in [0.1, 0.15) is 16.6 Å². The van der Waals surface area contributed by atoms with Crippen LogP contribution in [-0.4, -0.2) is 23.3 Å². The summed E-state index contributed by atoms with van der Waals surface area (Å²) in [5, 5.41) is 14.1. The molecule has 2 amide bonds. The number of halogens is 1. The number of benzene rings is 2. The third-order valence-corrected chi connectivity index (χ3v) is 3.95. The molecule has 0 saturated heterocycles. The van der Waals surface area contributed by atoms with E-state index in [1.165, 1.54) is 29.5 Å². The fraction of sp³-hybridized carbons (Fsp3) is 0.0625. The van der Waals surface area contributed by atoms with Crippen LogP contribution in [0.25, 0.3) is 10.6 Å². The molecule has 2 aromatic carbocycles. The Morgan fingerprint density at radius 1 is 1.12 bits per heavy atom. The number of ether oxygens (including phenoxy) is 1. The maximum Gasteiger partial charge on any atom is 0.325 e. The molecular weight excluding hydrogens is 331 g/mol. The van der Waals surface area contributed by atoms with Crippen molar-refractivity contribution in [3.63, 3.8) is 0 Å². The normalized spacial score (nSPS) is 10.2. The molecule has 0 saturated carbocycles. The second kappa shape index (κ2) is 7.05. The van der Waals surface area contributed by atoms with Crippen molar-refractivity contribution < 1.29 is 13.9 Å². The number of nitrogens with zero attached hydrogens (tertiary/aromatic N) is 2. The monoisotopic (exact) mass is 344 g/mol. The van der Waals surface area contributed by atoms with Gasteiger partial charge in [-0.25, -0.2) is 9.18 Å². The number of hydrogen-bond acceptors (Lipinski definition) is 5. The fourth-order valence-corrected chi connectivity index (χ4v) is 2.69. The predicted octanol–water partition coefficient (Wildman–Crippen LogP) is 4.00. The number of hydrogen-bond donors (Lipinski definition) is 2. The van der Waals surface area contributed by atoms with Gasteiger partial charge in [-0.2, -0.15) is 0 Å². The van der Waals surface area contributed by atoms with Gasteiger partial charge in [-0.1, -0.05) is 17.4 Å². The van der Waals surface area contributed by atoms with Crippen molar-refractivity contribution in [3.05, 3.63) is 54.3 Å². The number of methoxy groups -OCH3 is 1. The fourth-order valence-electron chi connectivity index (χ4n) is 1.95. The van der Waals surface area contributed by atoms with E-state index in [-0.39, 0.29) is 0 Å². The van der Waals surface area contributed by atoms with Crippen molar-refractivity contribution in [3.8, 4) is 16.3 Å². The minimum atomic E-state index is -0.516. The van der Waals surface area contributed by atoms with Gasteiger partial charge in [0.25, 0.3) is 0 Å². The Bertz CT molecular complexity index is 851. The number of urea groups is 1. The number of amides is 2. The van der Waals surface area contributed by atoms with Gasteiger partial charge in [0.05, 0.1) is 7.11 Å². The molecule has 0 spiro atoms. The van der Waals surface area contributed by atoms with Crippen LogP contribution in [0.1, 0.15) is 0 Å². The Hall–Kier alpha value is -3.00. The van der Waals surface area contributed by atoms with E-state index in [9.17, 15) is 9.18 Å². The molecule has 3 rings (SSSR count). The highest BCUT2D eigenvalue weighted by atomic mass is 32.1. The first kappa shape index (κ1) is 15.9. The lowest BCUT2D eigenvalue weighted by Gasteiger charge is -2.04. The van der Waals surface area contributed by atoms with Crippen LogP contribution in [0.15, 0.2) is 48.5 Å². The maximum absolute atomic E-state index is 13.1. The smallest absolute Gasteiger partial charge is 0.325 e. The minimum absolute atomic E-state index is 0.342. The average molecular weight is 344 g/mol. The number of anilines is 2. The molecule has 0 aliphatic heterocycles. The second-order valence-electron chi connectivity index (χ2n) is 4.73. The molecule has 0 fully saturated rings. The van der Waals surface area contributed by atoms with E-state index in [1.807, 2.05) is 24.3 Å². The van der Waals surface area contributed by atoms with E-state index < -0.39 is 11.8 Å². The largest absolute Gasteiger partial charge is 0.497 e. The molecule has 0 unspecified atom stereocenters. The van der Waals surface area contributed by atoms with Gasteiger partial charge in [0.15, 0.2) is 0 Å². The molecular formula is C16H13FN4O2S. The Labute approximate surface area is 141 Å². The second-order valence-corrected chi connectivity index (χ2v) is 5.71. The van der Waals surface area contributed by atoms with Crippen molar-refractivity contribution in [1.29, 1.82) is 0 Å². The van der Waals surface area contributed by atoms with Gasteiger partial charge in [0.2, 0.25) is 5.13 Å². The highest BCUT2D eigenvalue weighted by molar-refractivity contribution is 7.18. The quantitative estimate of drug-likeness (QED) is 0.750. The Morgan fingerprint density at radius 3 is 2.62 bits per heavy atom. The molecule has 3 aromatic rings. The maximum atomic E-state index is 13.1. The molecule has 1 aromatic heterocycles. The van der Waals surface area contributed by atoms with Crippen molar-refractivity contribution in [2.45, 2.75) is 0 Å². The number of carbonyl (C=O) groups is 1. The molecule has 6 nitrogen and oxygen atoms in total. The third-order valence-electron chi connectivity index (χ3n) is 3.06. The highest BCUT2D eigenvalue weighted by Gasteiger charge is 2.10. The van der Waals surface area contributed by atoms with Crippen molar-refractivity contribution >= 4 is 28.2 Å². The Morgan fingerprint density at radius 2 is 1.92 bits per heavy atom. The van der Waals surface area contributed by atoms with Gasteiger partial charge in [0, 0.05) is 11.3 Å². The summed E-state index contributed by atoms with van der Waals surface area (Å²) < 4.78 is 18.2. The molecule has 1 heterocycles. The zero-order valence-corrected chi connectivity index (χ0v) is 13.4. The van der Waals surface area contributed by atoms with E-state index in [0.29, 0.717) is 15.8 Å². The van der Waals surface area contributed by atoms with Gasteiger partial charge in [-0.15, -0.1) is 10.2 Å².